The SMILES string of the molecule is CCC(CNc1ccccc1)CS(=O)(=O)CCCl. The van der Waals surface area contributed by atoms with Crippen molar-refractivity contribution in [2.24, 2.45) is 5.92 Å². The van der Waals surface area contributed by atoms with Crippen molar-refractivity contribution in [3.8, 4) is 0 Å². The van der Waals surface area contributed by atoms with Crippen LogP contribution >= 0.6 is 11.6 Å². The van der Waals surface area contributed by atoms with Crippen LogP contribution in [0.5, 0.6) is 0 Å². The lowest BCUT2D eigenvalue weighted by atomic mass is 10.1. The van der Waals surface area contributed by atoms with Crippen molar-refractivity contribution in [2.75, 3.05) is 29.2 Å². The van der Waals surface area contributed by atoms with Crippen LogP contribution in [-0.4, -0.2) is 32.3 Å². The molecule has 1 rings (SSSR count). The van der Waals surface area contributed by atoms with E-state index in [0.717, 1.165) is 12.1 Å². The molecule has 3 nitrogen and oxygen atoms in total. The van der Waals surface area contributed by atoms with Gasteiger partial charge in [0.25, 0.3) is 0 Å². The fourth-order valence-corrected chi connectivity index (χ4v) is 3.88. The molecule has 0 aliphatic carbocycles. The molecule has 0 heterocycles. The number of rotatable bonds is 8. The Labute approximate surface area is 114 Å². The smallest absolute Gasteiger partial charge is 0.151 e. The van der Waals surface area contributed by atoms with Crippen LogP contribution in [0.3, 0.4) is 0 Å². The van der Waals surface area contributed by atoms with Crippen molar-refractivity contribution in [2.45, 2.75) is 13.3 Å². The Morgan fingerprint density at radius 2 is 1.94 bits per heavy atom. The highest BCUT2D eigenvalue weighted by atomic mass is 35.5. The lowest BCUT2D eigenvalue weighted by molar-refractivity contribution is 0.553. The molecule has 1 unspecified atom stereocenters. The monoisotopic (exact) mass is 289 g/mol. The van der Waals surface area contributed by atoms with Crippen LogP contribution < -0.4 is 5.32 Å². The first-order chi connectivity index (χ1) is 8.57. The molecular weight excluding hydrogens is 270 g/mol. The van der Waals surface area contributed by atoms with Gasteiger partial charge in [0.15, 0.2) is 9.84 Å². The van der Waals surface area contributed by atoms with E-state index in [4.69, 9.17) is 11.6 Å². The zero-order valence-corrected chi connectivity index (χ0v) is 12.2. The number of para-hydroxylation sites is 1. The average Bonchev–Trinajstić information content (AvgIpc) is 2.35. The van der Waals surface area contributed by atoms with Crippen LogP contribution in [0.1, 0.15) is 13.3 Å². The zero-order chi connectivity index (χ0) is 13.4. The molecule has 0 fully saturated rings. The van der Waals surface area contributed by atoms with Gasteiger partial charge in [-0.2, -0.15) is 0 Å². The fourth-order valence-electron chi connectivity index (χ4n) is 1.70. The predicted molar refractivity (Wildman–Crippen MR) is 78.1 cm³/mol. The number of hydrogen-bond acceptors (Lipinski definition) is 3. The summed E-state index contributed by atoms with van der Waals surface area (Å²) in [6, 6.07) is 9.80. The maximum Gasteiger partial charge on any atom is 0.151 e. The Morgan fingerprint density at radius 1 is 1.28 bits per heavy atom. The first-order valence-corrected chi connectivity index (χ1v) is 8.48. The topological polar surface area (TPSA) is 46.2 Å². The van der Waals surface area contributed by atoms with Crippen LogP contribution in [0, 0.1) is 5.92 Å². The van der Waals surface area contributed by atoms with Gasteiger partial charge in [-0.3, -0.25) is 0 Å². The van der Waals surface area contributed by atoms with E-state index in [1.807, 2.05) is 37.3 Å². The molecule has 0 bridgehead atoms. The number of sulfone groups is 1. The Kier molecular flexibility index (Phi) is 6.50. The number of nitrogens with one attached hydrogen (secondary N) is 1. The zero-order valence-electron chi connectivity index (χ0n) is 10.6. The Morgan fingerprint density at radius 3 is 2.50 bits per heavy atom. The molecule has 102 valence electrons. The summed E-state index contributed by atoms with van der Waals surface area (Å²) >= 11 is 5.49. The third-order valence-corrected chi connectivity index (χ3v) is 5.04. The Hall–Kier alpha value is -0.740. The van der Waals surface area contributed by atoms with Crippen LogP contribution in [0.4, 0.5) is 5.69 Å². The van der Waals surface area contributed by atoms with Gasteiger partial charge in [0.2, 0.25) is 0 Å². The first-order valence-electron chi connectivity index (χ1n) is 6.12. The molecule has 0 aliphatic heterocycles. The minimum atomic E-state index is -3.02. The van der Waals surface area contributed by atoms with E-state index in [9.17, 15) is 8.42 Å². The summed E-state index contributed by atoms with van der Waals surface area (Å²) in [5.41, 5.74) is 1.02. The molecule has 1 atom stereocenters. The van der Waals surface area contributed by atoms with E-state index < -0.39 is 9.84 Å². The normalized spacial score (nSPS) is 13.2. The fraction of sp³-hybridized carbons (Fsp3) is 0.538. The number of anilines is 1. The van der Waals surface area contributed by atoms with Gasteiger partial charge in [-0.25, -0.2) is 8.42 Å². The van der Waals surface area contributed by atoms with Crippen molar-refractivity contribution in [1.29, 1.82) is 0 Å². The lowest BCUT2D eigenvalue weighted by Gasteiger charge is -2.16. The third kappa shape index (κ3) is 5.74. The highest BCUT2D eigenvalue weighted by Gasteiger charge is 2.17. The molecule has 1 aromatic rings. The quantitative estimate of drug-likeness (QED) is 0.749. The largest absolute Gasteiger partial charge is 0.385 e. The number of hydrogen-bond donors (Lipinski definition) is 1. The van der Waals surface area contributed by atoms with Gasteiger partial charge in [0.1, 0.15) is 0 Å². The number of alkyl halides is 1. The van der Waals surface area contributed by atoms with E-state index in [1.54, 1.807) is 0 Å². The number of halogens is 1. The summed E-state index contributed by atoms with van der Waals surface area (Å²) in [6.07, 6.45) is 0.835. The van der Waals surface area contributed by atoms with E-state index in [2.05, 4.69) is 5.32 Å². The van der Waals surface area contributed by atoms with Crippen molar-refractivity contribution in [3.63, 3.8) is 0 Å². The second-order valence-electron chi connectivity index (χ2n) is 4.32. The molecule has 1 N–H and O–H groups in total. The van der Waals surface area contributed by atoms with Crippen LogP contribution in [0.25, 0.3) is 0 Å². The van der Waals surface area contributed by atoms with Gasteiger partial charge in [0.05, 0.1) is 11.5 Å². The molecule has 0 saturated carbocycles. The molecule has 0 amide bonds. The standard InChI is InChI=1S/C13H20ClNO2S/c1-2-12(11-18(16,17)9-8-14)10-15-13-6-4-3-5-7-13/h3-7,12,15H,2,8-11H2,1H3. The van der Waals surface area contributed by atoms with Crippen LogP contribution in [0.2, 0.25) is 0 Å². The molecule has 0 spiro atoms. The van der Waals surface area contributed by atoms with Crippen LogP contribution in [0.15, 0.2) is 30.3 Å². The van der Waals surface area contributed by atoms with Gasteiger partial charge in [0, 0.05) is 18.1 Å². The van der Waals surface area contributed by atoms with Gasteiger partial charge >= 0.3 is 0 Å². The summed E-state index contributed by atoms with van der Waals surface area (Å²) < 4.78 is 23.4. The highest BCUT2D eigenvalue weighted by molar-refractivity contribution is 7.91. The molecule has 0 aliphatic rings. The van der Waals surface area contributed by atoms with E-state index in [-0.39, 0.29) is 23.3 Å². The minimum Gasteiger partial charge on any atom is -0.385 e. The molecule has 0 radical (unpaired) electrons. The molecule has 5 heteroatoms. The Bertz CT molecular complexity index is 434. The van der Waals surface area contributed by atoms with Crippen molar-refractivity contribution in [3.05, 3.63) is 30.3 Å². The minimum absolute atomic E-state index is 0.0659. The summed E-state index contributed by atoms with van der Waals surface area (Å²) in [7, 11) is -3.02. The van der Waals surface area contributed by atoms with Gasteiger partial charge in [-0.15, -0.1) is 11.6 Å². The third-order valence-electron chi connectivity index (χ3n) is 2.82. The van der Waals surface area contributed by atoms with E-state index in [1.165, 1.54) is 0 Å². The van der Waals surface area contributed by atoms with E-state index >= 15 is 0 Å². The number of benzene rings is 1. The summed E-state index contributed by atoms with van der Waals surface area (Å²) in [4.78, 5) is 0. The highest BCUT2D eigenvalue weighted by Crippen LogP contribution is 2.11. The molecule has 18 heavy (non-hydrogen) atoms. The van der Waals surface area contributed by atoms with Gasteiger partial charge in [-0.1, -0.05) is 31.5 Å². The summed E-state index contributed by atoms with van der Waals surface area (Å²) in [5.74, 6) is 0.565. The molecule has 0 saturated heterocycles. The van der Waals surface area contributed by atoms with Crippen molar-refractivity contribution < 1.29 is 8.42 Å². The molecule has 0 aromatic heterocycles. The molecule has 1 aromatic carbocycles. The maximum atomic E-state index is 11.7. The predicted octanol–water partition coefficient (Wildman–Crippen LogP) is 2.78. The van der Waals surface area contributed by atoms with E-state index in [0.29, 0.717) is 6.54 Å². The van der Waals surface area contributed by atoms with Crippen molar-refractivity contribution in [1.82, 2.24) is 0 Å². The summed E-state index contributed by atoms with van der Waals surface area (Å²) in [5, 5.41) is 3.26. The second-order valence-corrected chi connectivity index (χ2v) is 6.93. The first kappa shape index (κ1) is 15.3. The second kappa shape index (κ2) is 7.64. The summed E-state index contributed by atoms with van der Waals surface area (Å²) in [6.45, 7) is 2.68. The lowest BCUT2D eigenvalue weighted by Crippen LogP contribution is -2.24. The Balaban J connectivity index is 2.48. The average molecular weight is 290 g/mol. The van der Waals surface area contributed by atoms with Gasteiger partial charge in [-0.05, 0) is 18.1 Å². The maximum absolute atomic E-state index is 11.7. The van der Waals surface area contributed by atoms with Crippen LogP contribution in [-0.2, 0) is 9.84 Å². The molecular formula is C13H20ClNO2S. The van der Waals surface area contributed by atoms with Gasteiger partial charge < -0.3 is 5.32 Å². The van der Waals surface area contributed by atoms with Crippen molar-refractivity contribution >= 4 is 27.1 Å².